The van der Waals surface area contributed by atoms with Gasteiger partial charge in [-0.2, -0.15) is 0 Å². The normalized spacial score (nSPS) is 9.39. The molecule has 0 aliphatic carbocycles. The highest BCUT2D eigenvalue weighted by atomic mass is 16.6. The smallest absolute Gasteiger partial charge is 0.318 e. The summed E-state index contributed by atoms with van der Waals surface area (Å²) < 4.78 is 5.07. The van der Waals surface area contributed by atoms with Crippen LogP contribution in [0.25, 0.3) is 0 Å². The largest absolute Gasteiger partial charge is 0.460 e. The molecule has 4 heteroatoms. The average Bonchev–Trinajstić information content (AvgIpc) is 2.41. The van der Waals surface area contributed by atoms with Gasteiger partial charge in [-0.05, 0) is 5.56 Å². The van der Waals surface area contributed by atoms with Crippen LogP contribution in [0.2, 0.25) is 0 Å². The minimum absolute atomic E-state index is 0.125. The van der Waals surface area contributed by atoms with Crippen molar-refractivity contribution in [3.63, 3.8) is 0 Å². The van der Waals surface area contributed by atoms with Crippen LogP contribution in [0.3, 0.4) is 0 Å². The number of esters is 1. The van der Waals surface area contributed by atoms with Crippen molar-refractivity contribution in [3.8, 4) is 11.8 Å². The van der Waals surface area contributed by atoms with Gasteiger partial charge in [-0.25, -0.2) is 5.48 Å². The van der Waals surface area contributed by atoms with Crippen LogP contribution in [0.5, 0.6) is 0 Å². The first-order valence-corrected chi connectivity index (χ1v) is 5.74. The van der Waals surface area contributed by atoms with Crippen molar-refractivity contribution in [1.82, 2.24) is 5.48 Å². The van der Waals surface area contributed by atoms with E-state index in [9.17, 15) is 4.79 Å². The number of nitrogens with one attached hydrogen (secondary N) is 1. The van der Waals surface area contributed by atoms with Crippen LogP contribution in [0.1, 0.15) is 18.4 Å². The molecular weight excluding hydrogens is 230 g/mol. The quantitative estimate of drug-likeness (QED) is 0.359. The van der Waals surface area contributed by atoms with Gasteiger partial charge >= 0.3 is 5.97 Å². The highest BCUT2D eigenvalue weighted by Gasteiger charge is 1.99. The molecule has 0 aliphatic rings. The molecule has 96 valence electrons. The van der Waals surface area contributed by atoms with E-state index >= 15 is 0 Å². The lowest BCUT2D eigenvalue weighted by Crippen LogP contribution is -2.12. The summed E-state index contributed by atoms with van der Waals surface area (Å²) in [6.45, 7) is 0.940. The molecule has 0 saturated heterocycles. The SMILES string of the molecule is CONCCC#CCC(=O)OCc1ccccc1. The summed E-state index contributed by atoms with van der Waals surface area (Å²) in [5.74, 6) is 5.32. The Labute approximate surface area is 107 Å². The Balaban J connectivity index is 2.14. The van der Waals surface area contributed by atoms with Crippen molar-refractivity contribution in [1.29, 1.82) is 0 Å². The van der Waals surface area contributed by atoms with E-state index < -0.39 is 0 Å². The second kappa shape index (κ2) is 9.23. The third-order valence-electron chi connectivity index (χ3n) is 2.10. The number of benzene rings is 1. The van der Waals surface area contributed by atoms with Crippen molar-refractivity contribution in [2.24, 2.45) is 0 Å². The molecular formula is C14H17NO3. The van der Waals surface area contributed by atoms with Gasteiger partial charge in [-0.1, -0.05) is 36.3 Å². The molecule has 0 aliphatic heterocycles. The highest BCUT2D eigenvalue weighted by molar-refractivity contribution is 5.72. The molecule has 0 amide bonds. The number of carbonyl (C=O) groups excluding carboxylic acids is 1. The first-order chi connectivity index (χ1) is 8.83. The van der Waals surface area contributed by atoms with Crippen molar-refractivity contribution >= 4 is 5.97 Å². The maximum atomic E-state index is 11.3. The van der Waals surface area contributed by atoms with Crippen LogP contribution in [0, 0.1) is 11.8 Å². The van der Waals surface area contributed by atoms with E-state index in [2.05, 4.69) is 22.2 Å². The highest BCUT2D eigenvalue weighted by Crippen LogP contribution is 2.01. The summed E-state index contributed by atoms with van der Waals surface area (Å²) >= 11 is 0. The fourth-order valence-corrected chi connectivity index (χ4v) is 1.23. The van der Waals surface area contributed by atoms with Crippen LogP contribution in [0.15, 0.2) is 30.3 Å². The van der Waals surface area contributed by atoms with Crippen molar-refractivity contribution in [2.45, 2.75) is 19.4 Å². The Hall–Kier alpha value is -1.83. The number of ether oxygens (including phenoxy) is 1. The summed E-state index contributed by atoms with van der Waals surface area (Å²) in [7, 11) is 1.55. The van der Waals surface area contributed by atoms with E-state index in [1.807, 2.05) is 30.3 Å². The van der Waals surface area contributed by atoms with Gasteiger partial charge in [0.2, 0.25) is 0 Å². The zero-order valence-corrected chi connectivity index (χ0v) is 10.4. The van der Waals surface area contributed by atoms with Gasteiger partial charge in [0.1, 0.15) is 13.0 Å². The number of hydrogen-bond acceptors (Lipinski definition) is 4. The molecule has 1 N–H and O–H groups in total. The van der Waals surface area contributed by atoms with E-state index in [1.54, 1.807) is 7.11 Å². The van der Waals surface area contributed by atoms with Gasteiger partial charge in [0.05, 0.1) is 7.11 Å². The molecule has 4 nitrogen and oxygen atoms in total. The third kappa shape index (κ3) is 6.69. The van der Waals surface area contributed by atoms with E-state index in [0.29, 0.717) is 19.6 Å². The fourth-order valence-electron chi connectivity index (χ4n) is 1.23. The molecule has 0 atom stereocenters. The minimum Gasteiger partial charge on any atom is -0.460 e. The molecule has 0 aromatic heterocycles. The number of hydrogen-bond donors (Lipinski definition) is 1. The van der Waals surface area contributed by atoms with Gasteiger partial charge < -0.3 is 9.57 Å². The lowest BCUT2D eigenvalue weighted by Gasteiger charge is -2.01. The Kier molecular flexibility index (Phi) is 7.29. The number of hydroxylamine groups is 1. The minimum atomic E-state index is -0.300. The van der Waals surface area contributed by atoms with Crippen LogP contribution in [-0.4, -0.2) is 19.6 Å². The maximum absolute atomic E-state index is 11.3. The predicted octanol–water partition coefficient (Wildman–Crippen LogP) is 1.66. The van der Waals surface area contributed by atoms with E-state index in [-0.39, 0.29) is 12.4 Å². The van der Waals surface area contributed by atoms with Gasteiger partial charge in [0.15, 0.2) is 0 Å². The third-order valence-corrected chi connectivity index (χ3v) is 2.10. The van der Waals surface area contributed by atoms with Crippen LogP contribution < -0.4 is 5.48 Å². The van der Waals surface area contributed by atoms with Crippen LogP contribution >= 0.6 is 0 Å². The Bertz CT molecular complexity index is 406. The Morgan fingerprint density at radius 2 is 2.06 bits per heavy atom. The molecule has 0 heterocycles. The van der Waals surface area contributed by atoms with Crippen LogP contribution in [0.4, 0.5) is 0 Å². The van der Waals surface area contributed by atoms with Gasteiger partial charge in [-0.3, -0.25) is 4.79 Å². The van der Waals surface area contributed by atoms with Gasteiger partial charge in [0, 0.05) is 13.0 Å². The second-order valence-electron chi connectivity index (χ2n) is 3.53. The zero-order chi connectivity index (χ0) is 13.1. The molecule has 1 rings (SSSR count). The van der Waals surface area contributed by atoms with Gasteiger partial charge in [0.25, 0.3) is 0 Å². The molecule has 0 unspecified atom stereocenters. The predicted molar refractivity (Wildman–Crippen MR) is 68.3 cm³/mol. The summed E-state index contributed by atoms with van der Waals surface area (Å²) in [5, 5.41) is 0. The summed E-state index contributed by atoms with van der Waals surface area (Å²) in [6, 6.07) is 9.56. The summed E-state index contributed by atoms with van der Waals surface area (Å²) in [5.41, 5.74) is 3.64. The monoisotopic (exact) mass is 247 g/mol. The van der Waals surface area contributed by atoms with Gasteiger partial charge in [-0.15, -0.1) is 5.92 Å². The summed E-state index contributed by atoms with van der Waals surface area (Å²) in [4.78, 5) is 16.0. The molecule has 0 fully saturated rings. The Morgan fingerprint density at radius 1 is 1.28 bits per heavy atom. The van der Waals surface area contributed by atoms with E-state index in [1.165, 1.54) is 0 Å². The second-order valence-corrected chi connectivity index (χ2v) is 3.53. The maximum Gasteiger partial charge on any atom is 0.318 e. The lowest BCUT2D eigenvalue weighted by atomic mass is 10.2. The molecule has 0 spiro atoms. The Morgan fingerprint density at radius 3 is 2.78 bits per heavy atom. The number of rotatable bonds is 6. The average molecular weight is 247 g/mol. The van der Waals surface area contributed by atoms with Crippen molar-refractivity contribution in [2.75, 3.05) is 13.7 Å². The number of carbonyl (C=O) groups is 1. The van der Waals surface area contributed by atoms with E-state index in [4.69, 9.17) is 4.74 Å². The molecule has 18 heavy (non-hydrogen) atoms. The molecule has 1 aromatic carbocycles. The first-order valence-electron chi connectivity index (χ1n) is 5.74. The first kappa shape index (κ1) is 14.2. The topological polar surface area (TPSA) is 47.6 Å². The lowest BCUT2D eigenvalue weighted by molar-refractivity contribution is -0.143. The van der Waals surface area contributed by atoms with Crippen LogP contribution in [-0.2, 0) is 21.0 Å². The van der Waals surface area contributed by atoms with E-state index in [0.717, 1.165) is 5.56 Å². The van der Waals surface area contributed by atoms with Crippen molar-refractivity contribution in [3.05, 3.63) is 35.9 Å². The van der Waals surface area contributed by atoms with Crippen molar-refractivity contribution < 1.29 is 14.4 Å². The fraction of sp³-hybridized carbons (Fsp3) is 0.357. The standard InChI is InChI=1S/C14H17NO3/c1-17-15-11-7-3-6-10-14(16)18-12-13-8-4-2-5-9-13/h2,4-5,8-9,15H,7,10-12H2,1H3. The molecule has 0 saturated carbocycles. The molecule has 1 aromatic rings. The summed E-state index contributed by atoms with van der Waals surface area (Å²) in [6.07, 6.45) is 0.764. The zero-order valence-electron chi connectivity index (χ0n) is 10.4. The molecule has 0 radical (unpaired) electrons. The molecule has 0 bridgehead atoms.